The van der Waals surface area contributed by atoms with Gasteiger partial charge in [0, 0.05) is 31.9 Å². The van der Waals surface area contributed by atoms with Crippen molar-refractivity contribution < 1.29 is 27.5 Å². The number of Topliss-reactive ketones (excluding diaryl/α,β-unsaturated/α-hetero) is 1. The van der Waals surface area contributed by atoms with E-state index in [0.717, 1.165) is 17.5 Å². The van der Waals surface area contributed by atoms with Gasteiger partial charge in [0.25, 0.3) is 11.7 Å². The number of alkyl halides is 3. The summed E-state index contributed by atoms with van der Waals surface area (Å²) < 4.78 is 42.6. The predicted octanol–water partition coefficient (Wildman–Crippen LogP) is 3.46. The first-order chi connectivity index (χ1) is 12.8. The van der Waals surface area contributed by atoms with Crippen LogP contribution in [-0.4, -0.2) is 56.1 Å². The molecular formula is C18H17F3N2O3S. The first-order valence-electron chi connectivity index (χ1n) is 8.19. The number of piperazine rings is 1. The Balaban J connectivity index is 1.61. The van der Waals surface area contributed by atoms with Crippen LogP contribution < -0.4 is 9.64 Å². The lowest BCUT2D eigenvalue weighted by Crippen LogP contribution is -2.48. The van der Waals surface area contributed by atoms with Crippen molar-refractivity contribution in [1.29, 1.82) is 0 Å². The Kier molecular flexibility index (Phi) is 5.41. The topological polar surface area (TPSA) is 49.9 Å². The molecule has 2 heterocycles. The Morgan fingerprint density at radius 2 is 1.56 bits per heavy atom. The monoisotopic (exact) mass is 398 g/mol. The molecular weight excluding hydrogens is 381 g/mol. The number of ketones is 1. The second-order valence-corrected chi connectivity index (χ2v) is 7.05. The Morgan fingerprint density at radius 3 is 2.11 bits per heavy atom. The van der Waals surface area contributed by atoms with Crippen molar-refractivity contribution in [2.45, 2.75) is 6.18 Å². The molecule has 1 fully saturated rings. The van der Waals surface area contributed by atoms with Crippen LogP contribution >= 0.6 is 11.3 Å². The maximum absolute atomic E-state index is 12.5. The molecule has 27 heavy (non-hydrogen) atoms. The van der Waals surface area contributed by atoms with Crippen molar-refractivity contribution in [3.8, 4) is 5.75 Å². The number of amides is 1. The van der Waals surface area contributed by atoms with Gasteiger partial charge in [-0.25, -0.2) is 0 Å². The number of hydrogen-bond donors (Lipinski definition) is 0. The molecule has 3 rings (SSSR count). The molecule has 1 aromatic carbocycles. The van der Waals surface area contributed by atoms with Crippen molar-refractivity contribution in [2.24, 2.45) is 0 Å². The summed E-state index contributed by atoms with van der Waals surface area (Å²) in [5.41, 5.74) is 1.01. The number of methoxy groups -OCH3 is 1. The number of carbonyl (C=O) groups is 2. The van der Waals surface area contributed by atoms with Gasteiger partial charge in [0.2, 0.25) is 0 Å². The molecule has 0 spiro atoms. The average molecular weight is 398 g/mol. The van der Waals surface area contributed by atoms with Gasteiger partial charge in [0.05, 0.1) is 16.9 Å². The molecule has 144 valence electrons. The number of carbonyl (C=O) groups excluding carboxylic acids is 2. The van der Waals surface area contributed by atoms with Gasteiger partial charge in [0.15, 0.2) is 0 Å². The first-order valence-corrected chi connectivity index (χ1v) is 9.01. The molecule has 1 saturated heterocycles. The number of rotatable bonds is 4. The van der Waals surface area contributed by atoms with Crippen LogP contribution in [0.4, 0.5) is 18.9 Å². The Hall–Kier alpha value is -2.55. The normalized spacial score (nSPS) is 15.0. The van der Waals surface area contributed by atoms with E-state index >= 15 is 0 Å². The van der Waals surface area contributed by atoms with Crippen LogP contribution in [0.2, 0.25) is 0 Å². The summed E-state index contributed by atoms with van der Waals surface area (Å²) >= 11 is 0.583. The van der Waals surface area contributed by atoms with Gasteiger partial charge in [-0.3, -0.25) is 9.59 Å². The summed E-state index contributed by atoms with van der Waals surface area (Å²) in [4.78, 5) is 27.2. The van der Waals surface area contributed by atoms with E-state index in [-0.39, 0.29) is 10.8 Å². The van der Waals surface area contributed by atoms with Crippen molar-refractivity contribution in [1.82, 2.24) is 4.90 Å². The van der Waals surface area contributed by atoms with Crippen molar-refractivity contribution in [2.75, 3.05) is 38.2 Å². The molecule has 0 radical (unpaired) electrons. The molecule has 1 aliphatic rings. The van der Waals surface area contributed by atoms with Crippen molar-refractivity contribution >= 4 is 28.7 Å². The minimum atomic E-state index is -4.94. The summed E-state index contributed by atoms with van der Waals surface area (Å²) in [5.74, 6) is -1.51. The summed E-state index contributed by atoms with van der Waals surface area (Å²) in [6, 6.07) is 9.92. The number of halogens is 3. The second kappa shape index (κ2) is 7.59. The highest BCUT2D eigenvalue weighted by atomic mass is 32.1. The molecule has 0 unspecified atom stereocenters. The molecule has 0 atom stereocenters. The highest BCUT2D eigenvalue weighted by Crippen LogP contribution is 2.27. The third-order valence-corrected chi connectivity index (χ3v) is 5.37. The molecule has 1 aliphatic heterocycles. The van der Waals surface area contributed by atoms with E-state index in [9.17, 15) is 22.8 Å². The van der Waals surface area contributed by atoms with E-state index in [1.165, 1.54) is 6.07 Å². The predicted molar refractivity (Wildman–Crippen MR) is 95.8 cm³/mol. The maximum atomic E-state index is 12.5. The van der Waals surface area contributed by atoms with E-state index in [1.807, 2.05) is 24.3 Å². The van der Waals surface area contributed by atoms with E-state index in [0.29, 0.717) is 37.5 Å². The van der Waals surface area contributed by atoms with Gasteiger partial charge >= 0.3 is 6.18 Å². The number of hydrogen-bond acceptors (Lipinski definition) is 5. The number of anilines is 1. The lowest BCUT2D eigenvalue weighted by Gasteiger charge is -2.36. The Bertz CT molecular complexity index is 825. The van der Waals surface area contributed by atoms with Gasteiger partial charge in [-0.05, 0) is 36.4 Å². The smallest absolute Gasteiger partial charge is 0.455 e. The summed E-state index contributed by atoms with van der Waals surface area (Å²) in [5, 5.41) is 0. The van der Waals surface area contributed by atoms with Crippen LogP contribution in [0.5, 0.6) is 5.75 Å². The lowest BCUT2D eigenvalue weighted by molar-refractivity contribution is -0.0882. The number of ether oxygens (including phenoxy) is 1. The quantitative estimate of drug-likeness (QED) is 0.741. The molecule has 0 bridgehead atoms. The SMILES string of the molecule is COc1ccc(N2CCN(C(=O)c3ccc(C(=O)C(F)(F)F)s3)CC2)cc1. The molecule has 1 amide bonds. The van der Waals surface area contributed by atoms with Gasteiger partial charge in [-0.1, -0.05) is 0 Å². The number of nitrogens with zero attached hydrogens (tertiary/aromatic N) is 2. The first kappa shape index (κ1) is 19.2. The van der Waals surface area contributed by atoms with Gasteiger partial charge in [-0.2, -0.15) is 13.2 Å². The van der Waals surface area contributed by atoms with Crippen LogP contribution in [0, 0.1) is 0 Å². The largest absolute Gasteiger partial charge is 0.497 e. The highest BCUT2D eigenvalue weighted by Gasteiger charge is 2.40. The summed E-state index contributed by atoms with van der Waals surface area (Å²) in [6.45, 7) is 2.12. The zero-order chi connectivity index (χ0) is 19.6. The fourth-order valence-electron chi connectivity index (χ4n) is 2.83. The lowest BCUT2D eigenvalue weighted by atomic mass is 10.2. The van der Waals surface area contributed by atoms with E-state index < -0.39 is 16.8 Å². The van der Waals surface area contributed by atoms with E-state index in [4.69, 9.17) is 4.74 Å². The van der Waals surface area contributed by atoms with Crippen LogP contribution in [-0.2, 0) is 0 Å². The van der Waals surface area contributed by atoms with Crippen LogP contribution in [0.3, 0.4) is 0 Å². The average Bonchev–Trinajstić information content (AvgIpc) is 3.16. The minimum absolute atomic E-state index is 0.139. The van der Waals surface area contributed by atoms with Gasteiger partial charge < -0.3 is 14.5 Å². The van der Waals surface area contributed by atoms with Crippen molar-refractivity contribution in [3.63, 3.8) is 0 Å². The highest BCUT2D eigenvalue weighted by molar-refractivity contribution is 7.16. The fraction of sp³-hybridized carbons (Fsp3) is 0.333. The summed E-state index contributed by atoms with van der Waals surface area (Å²) in [6.07, 6.45) is -4.94. The molecule has 1 aromatic heterocycles. The van der Waals surface area contributed by atoms with Gasteiger partial charge in [-0.15, -0.1) is 11.3 Å². The maximum Gasteiger partial charge on any atom is 0.455 e. The Morgan fingerprint density at radius 1 is 0.963 bits per heavy atom. The second-order valence-electron chi connectivity index (χ2n) is 5.97. The molecule has 2 aromatic rings. The van der Waals surface area contributed by atoms with Crippen LogP contribution in [0.15, 0.2) is 36.4 Å². The van der Waals surface area contributed by atoms with Crippen LogP contribution in [0.25, 0.3) is 0 Å². The molecule has 9 heteroatoms. The zero-order valence-corrected chi connectivity index (χ0v) is 15.3. The third-order valence-electron chi connectivity index (χ3n) is 4.30. The number of benzene rings is 1. The van der Waals surface area contributed by atoms with Crippen LogP contribution in [0.1, 0.15) is 19.3 Å². The number of thiophene rings is 1. The zero-order valence-electron chi connectivity index (χ0n) is 14.5. The molecule has 0 saturated carbocycles. The Labute approximate surface area is 157 Å². The summed E-state index contributed by atoms with van der Waals surface area (Å²) in [7, 11) is 1.59. The van der Waals surface area contributed by atoms with Crippen molar-refractivity contribution in [3.05, 3.63) is 46.2 Å². The minimum Gasteiger partial charge on any atom is -0.497 e. The molecule has 0 aliphatic carbocycles. The third kappa shape index (κ3) is 4.24. The molecule has 0 N–H and O–H groups in total. The fourth-order valence-corrected chi connectivity index (χ4v) is 3.77. The standard InChI is InChI=1S/C18H17F3N2O3S/c1-26-13-4-2-12(3-5-13)22-8-10-23(11-9-22)17(25)15-7-6-14(27-15)16(24)18(19,20)21/h2-7H,8-11H2,1H3. The molecule has 5 nitrogen and oxygen atoms in total. The van der Waals surface area contributed by atoms with E-state index in [2.05, 4.69) is 4.90 Å². The van der Waals surface area contributed by atoms with E-state index in [1.54, 1.807) is 12.0 Å². The van der Waals surface area contributed by atoms with Gasteiger partial charge in [0.1, 0.15) is 5.75 Å².